The molecule has 2 nitrogen and oxygen atoms in total. The van der Waals surface area contributed by atoms with Gasteiger partial charge in [0.05, 0.1) is 10.4 Å². The van der Waals surface area contributed by atoms with Crippen LogP contribution in [0.5, 0.6) is 0 Å². The van der Waals surface area contributed by atoms with Gasteiger partial charge in [0.15, 0.2) is 0 Å². The minimum atomic E-state index is 0.885. The highest BCUT2D eigenvalue weighted by atomic mass is 32.1. The van der Waals surface area contributed by atoms with Crippen LogP contribution in [0.15, 0.2) is 156 Å². The maximum atomic E-state index is 6.70. The first kappa shape index (κ1) is 24.8. The van der Waals surface area contributed by atoms with Crippen molar-refractivity contribution in [2.24, 2.45) is 0 Å². The molecule has 3 heteroatoms. The Bertz CT molecular complexity index is 2770. The first-order valence-electron chi connectivity index (χ1n) is 15.3. The van der Waals surface area contributed by atoms with E-state index >= 15 is 0 Å². The first-order valence-corrected chi connectivity index (χ1v) is 16.1. The van der Waals surface area contributed by atoms with Gasteiger partial charge in [-0.25, -0.2) is 0 Å². The molecule has 10 rings (SSSR count). The lowest BCUT2D eigenvalue weighted by atomic mass is 9.93. The third-order valence-electron chi connectivity index (χ3n) is 9.22. The molecule has 0 atom stereocenters. The van der Waals surface area contributed by atoms with Crippen molar-refractivity contribution in [2.75, 3.05) is 4.90 Å². The third-order valence-corrected chi connectivity index (χ3v) is 10.4. The molecule has 0 bridgehead atoms. The number of rotatable bonds is 3. The number of nitrogens with zero attached hydrogens (tertiary/aromatic N) is 1. The van der Waals surface area contributed by atoms with E-state index in [1.54, 1.807) is 0 Å². The van der Waals surface area contributed by atoms with Gasteiger partial charge in [0.2, 0.25) is 0 Å². The molecule has 0 saturated carbocycles. The first-order chi connectivity index (χ1) is 22.3. The van der Waals surface area contributed by atoms with E-state index in [1.807, 2.05) is 11.3 Å². The fourth-order valence-corrected chi connectivity index (χ4v) is 8.42. The Morgan fingerprint density at radius 1 is 0.378 bits per heavy atom. The van der Waals surface area contributed by atoms with Crippen LogP contribution in [-0.2, 0) is 0 Å². The van der Waals surface area contributed by atoms with E-state index in [1.165, 1.54) is 58.2 Å². The van der Waals surface area contributed by atoms with Crippen LogP contribution in [0.1, 0.15) is 0 Å². The van der Waals surface area contributed by atoms with Gasteiger partial charge in [-0.3, -0.25) is 0 Å². The van der Waals surface area contributed by atoms with Crippen molar-refractivity contribution in [3.05, 3.63) is 152 Å². The van der Waals surface area contributed by atoms with Crippen molar-refractivity contribution >= 4 is 103 Å². The van der Waals surface area contributed by atoms with Crippen molar-refractivity contribution in [2.45, 2.75) is 0 Å². The Kier molecular flexibility index (Phi) is 5.19. The maximum Gasteiger partial charge on any atom is 0.137 e. The largest absolute Gasteiger partial charge is 0.456 e. The van der Waals surface area contributed by atoms with Crippen molar-refractivity contribution < 1.29 is 4.42 Å². The van der Waals surface area contributed by atoms with Gasteiger partial charge in [0.25, 0.3) is 0 Å². The van der Waals surface area contributed by atoms with Crippen LogP contribution in [0, 0.1) is 0 Å². The van der Waals surface area contributed by atoms with Gasteiger partial charge in [-0.15, -0.1) is 11.3 Å². The second-order valence-electron chi connectivity index (χ2n) is 11.7. The zero-order chi connectivity index (χ0) is 29.5. The summed E-state index contributed by atoms with van der Waals surface area (Å²) in [5, 5.41) is 12.4. The summed E-state index contributed by atoms with van der Waals surface area (Å²) < 4.78 is 9.27. The normalized spacial score (nSPS) is 12.0. The van der Waals surface area contributed by atoms with Gasteiger partial charge >= 0.3 is 0 Å². The van der Waals surface area contributed by atoms with Gasteiger partial charge in [-0.2, -0.15) is 0 Å². The lowest BCUT2D eigenvalue weighted by molar-refractivity contribution is 0.669. The van der Waals surface area contributed by atoms with Crippen molar-refractivity contribution in [1.29, 1.82) is 0 Å². The Labute approximate surface area is 263 Å². The summed E-state index contributed by atoms with van der Waals surface area (Å²) in [6.45, 7) is 0. The number of hydrogen-bond donors (Lipinski definition) is 0. The smallest absolute Gasteiger partial charge is 0.137 e. The minimum absolute atomic E-state index is 0.885. The quantitative estimate of drug-likeness (QED) is 0.190. The Morgan fingerprint density at radius 3 is 1.73 bits per heavy atom. The second-order valence-corrected chi connectivity index (χ2v) is 12.7. The van der Waals surface area contributed by atoms with E-state index in [2.05, 4.69) is 157 Å². The molecule has 0 amide bonds. The second kappa shape index (κ2) is 9.43. The molecule has 0 aliphatic rings. The van der Waals surface area contributed by atoms with E-state index < -0.39 is 0 Å². The average Bonchev–Trinajstić information content (AvgIpc) is 3.66. The van der Waals surface area contributed by atoms with Gasteiger partial charge < -0.3 is 9.32 Å². The zero-order valence-corrected chi connectivity index (χ0v) is 25.0. The van der Waals surface area contributed by atoms with Gasteiger partial charge in [-0.1, -0.05) is 97.1 Å². The predicted octanol–water partition coefficient (Wildman–Crippen LogP) is 12.9. The van der Waals surface area contributed by atoms with Crippen LogP contribution in [0.2, 0.25) is 0 Å². The van der Waals surface area contributed by atoms with Crippen LogP contribution >= 0.6 is 11.3 Å². The van der Waals surface area contributed by atoms with Gasteiger partial charge in [0, 0.05) is 43.7 Å². The summed E-state index contributed by atoms with van der Waals surface area (Å²) in [5.41, 5.74) is 5.14. The summed E-state index contributed by atoms with van der Waals surface area (Å²) in [5.74, 6) is 0. The van der Waals surface area contributed by atoms with E-state index in [9.17, 15) is 0 Å². The number of benzene rings is 8. The highest BCUT2D eigenvalue weighted by molar-refractivity contribution is 7.26. The Balaban J connectivity index is 1.23. The molecule has 8 aromatic carbocycles. The molecule has 0 aliphatic carbocycles. The Morgan fingerprint density at radius 2 is 0.978 bits per heavy atom. The summed E-state index contributed by atoms with van der Waals surface area (Å²) >= 11 is 1.85. The fourth-order valence-electron chi connectivity index (χ4n) is 7.21. The van der Waals surface area contributed by atoms with Gasteiger partial charge in [0.1, 0.15) is 11.2 Å². The standard InChI is InChI=1S/C42H25NOS/c1-2-11-26(12-3-1)43(38-19-10-18-34-33-17-8-9-20-41(33)45-42(34)38)27-21-22-32-37-24-35-30-15-6-4-13-28(30)29-14-5-7-16-31(29)36(35)25-40(37)44-39(32)23-27/h1-25H. The van der Waals surface area contributed by atoms with Crippen molar-refractivity contribution in [1.82, 2.24) is 0 Å². The average molecular weight is 592 g/mol. The lowest BCUT2D eigenvalue weighted by Crippen LogP contribution is -2.09. The molecule has 0 saturated heterocycles. The lowest BCUT2D eigenvalue weighted by Gasteiger charge is -2.26. The molecular formula is C42H25NOS. The zero-order valence-electron chi connectivity index (χ0n) is 24.2. The fraction of sp³-hybridized carbons (Fsp3) is 0. The number of furan rings is 1. The van der Waals surface area contributed by atoms with E-state index in [-0.39, 0.29) is 0 Å². The van der Waals surface area contributed by atoms with Crippen LogP contribution in [0.3, 0.4) is 0 Å². The molecule has 2 heterocycles. The molecule has 0 radical (unpaired) electrons. The molecule has 45 heavy (non-hydrogen) atoms. The maximum absolute atomic E-state index is 6.70. The molecular weight excluding hydrogens is 567 g/mol. The predicted molar refractivity (Wildman–Crippen MR) is 194 cm³/mol. The molecule has 2 aromatic heterocycles. The van der Waals surface area contributed by atoms with E-state index in [0.717, 1.165) is 33.3 Å². The monoisotopic (exact) mass is 591 g/mol. The molecule has 0 spiro atoms. The molecule has 210 valence electrons. The Hall–Kier alpha value is -5.64. The summed E-state index contributed by atoms with van der Waals surface area (Å²) in [7, 11) is 0. The third kappa shape index (κ3) is 3.62. The van der Waals surface area contributed by atoms with Crippen LogP contribution in [0.4, 0.5) is 17.1 Å². The van der Waals surface area contributed by atoms with Crippen LogP contribution in [0.25, 0.3) is 74.4 Å². The van der Waals surface area contributed by atoms with E-state index in [4.69, 9.17) is 4.42 Å². The number of hydrogen-bond acceptors (Lipinski definition) is 3. The molecule has 0 N–H and O–H groups in total. The molecule has 0 aliphatic heterocycles. The minimum Gasteiger partial charge on any atom is -0.456 e. The van der Waals surface area contributed by atoms with Gasteiger partial charge in [-0.05, 0) is 80.8 Å². The SMILES string of the molecule is c1ccc(N(c2ccc3c(c2)oc2cc4c5ccccc5c5ccccc5c4cc23)c2cccc3c2sc2ccccc23)cc1. The highest BCUT2D eigenvalue weighted by Gasteiger charge is 2.20. The topological polar surface area (TPSA) is 16.4 Å². The van der Waals surface area contributed by atoms with Crippen LogP contribution < -0.4 is 4.90 Å². The number of para-hydroxylation sites is 1. The molecule has 0 unspecified atom stereocenters. The molecule has 10 aromatic rings. The summed E-state index contributed by atoms with van der Waals surface area (Å²) in [6.07, 6.45) is 0. The van der Waals surface area contributed by atoms with E-state index in [0.29, 0.717) is 0 Å². The van der Waals surface area contributed by atoms with Crippen LogP contribution in [-0.4, -0.2) is 0 Å². The summed E-state index contributed by atoms with van der Waals surface area (Å²) in [6, 6.07) is 54.6. The molecule has 0 fully saturated rings. The highest BCUT2D eigenvalue weighted by Crippen LogP contribution is 2.46. The number of fused-ring (bicyclic) bond motifs is 12. The van der Waals surface area contributed by atoms with Crippen molar-refractivity contribution in [3.63, 3.8) is 0 Å². The number of anilines is 3. The summed E-state index contributed by atoms with van der Waals surface area (Å²) in [4.78, 5) is 2.36. The number of thiophene rings is 1. The van der Waals surface area contributed by atoms with Crippen molar-refractivity contribution in [3.8, 4) is 0 Å².